The molecular formula is C61H109NO5. The summed E-state index contributed by atoms with van der Waals surface area (Å²) in [6.45, 7) is 6.42. The van der Waals surface area contributed by atoms with E-state index in [1.165, 1.54) is 167 Å². The Morgan fingerprint density at radius 1 is 0.448 bits per heavy atom. The van der Waals surface area contributed by atoms with Crippen molar-refractivity contribution in [2.45, 2.75) is 296 Å². The highest BCUT2D eigenvalue weighted by molar-refractivity contribution is 5.77. The van der Waals surface area contributed by atoms with Crippen LogP contribution < -0.4 is 5.32 Å². The Labute approximate surface area is 415 Å². The van der Waals surface area contributed by atoms with Crippen LogP contribution in [0.15, 0.2) is 72.9 Å². The molecule has 1 amide bonds. The molecule has 0 heterocycles. The molecule has 6 nitrogen and oxygen atoms in total. The van der Waals surface area contributed by atoms with Gasteiger partial charge in [0.15, 0.2) is 0 Å². The van der Waals surface area contributed by atoms with Gasteiger partial charge in [-0.25, -0.2) is 0 Å². The number of ether oxygens (including phenoxy) is 1. The summed E-state index contributed by atoms with van der Waals surface area (Å²) >= 11 is 0. The van der Waals surface area contributed by atoms with Crippen LogP contribution in [-0.2, 0) is 14.3 Å². The van der Waals surface area contributed by atoms with Gasteiger partial charge in [-0.1, -0.05) is 254 Å². The van der Waals surface area contributed by atoms with Crippen LogP contribution >= 0.6 is 0 Å². The van der Waals surface area contributed by atoms with Gasteiger partial charge in [0.05, 0.1) is 25.2 Å². The first-order valence-corrected chi connectivity index (χ1v) is 28.7. The molecule has 0 saturated carbocycles. The minimum absolute atomic E-state index is 0.00132. The minimum Gasteiger partial charge on any atom is -0.461 e. The lowest BCUT2D eigenvalue weighted by Crippen LogP contribution is -2.46. The third-order valence-electron chi connectivity index (χ3n) is 12.8. The van der Waals surface area contributed by atoms with Crippen LogP contribution in [0.25, 0.3) is 0 Å². The normalized spacial score (nSPS) is 13.7. The van der Waals surface area contributed by atoms with Crippen LogP contribution in [0.1, 0.15) is 278 Å². The summed E-state index contributed by atoms with van der Waals surface area (Å²) in [5.41, 5.74) is 0. The Kier molecular flexibility index (Phi) is 52.1. The van der Waals surface area contributed by atoms with Crippen LogP contribution in [0.2, 0.25) is 0 Å². The maximum absolute atomic E-state index is 13.2. The Morgan fingerprint density at radius 3 is 1.22 bits per heavy atom. The number of allylic oxidation sites excluding steroid dienone is 11. The van der Waals surface area contributed by atoms with Crippen molar-refractivity contribution in [3.05, 3.63) is 72.9 Å². The first-order valence-electron chi connectivity index (χ1n) is 28.7. The van der Waals surface area contributed by atoms with E-state index >= 15 is 0 Å². The zero-order valence-corrected chi connectivity index (χ0v) is 44.3. The van der Waals surface area contributed by atoms with Gasteiger partial charge in [-0.2, -0.15) is 0 Å². The summed E-state index contributed by atoms with van der Waals surface area (Å²) in [6.07, 6.45) is 69.8. The molecule has 0 bridgehead atoms. The van der Waals surface area contributed by atoms with E-state index in [-0.39, 0.29) is 24.9 Å². The highest BCUT2D eigenvalue weighted by Crippen LogP contribution is 2.17. The van der Waals surface area contributed by atoms with Crippen molar-refractivity contribution in [2.75, 3.05) is 6.61 Å². The summed E-state index contributed by atoms with van der Waals surface area (Å²) in [6, 6.07) is -0.734. The number of hydrogen-bond donors (Lipinski definition) is 3. The zero-order valence-electron chi connectivity index (χ0n) is 44.3. The standard InChI is InChI=1S/C61H109NO5/c1-4-7-10-13-16-19-22-25-28-29-30-31-33-36-39-42-45-48-51-54-61(66)67-57(52-49-46-43-40-37-34-32-26-23-20-17-14-11-8-5-2)55-60(65)62-58(56-63)59(64)53-50-47-44-41-38-35-27-24-21-18-15-12-9-6-3/h16-17,19-20,25-26,28,32,37,40,46,49,57-59,63-64H,4-15,18,21-24,27,29-31,33-36,38-39,41-45,47-48,50-56H2,1-3H3,(H,62,65)/b19-16-,20-17-,28-25-,32-26-,40-37-,49-46-. The number of aliphatic hydroxyl groups is 2. The Bertz CT molecular complexity index is 1230. The predicted molar refractivity (Wildman–Crippen MR) is 291 cm³/mol. The van der Waals surface area contributed by atoms with E-state index in [0.717, 1.165) is 64.2 Å². The largest absolute Gasteiger partial charge is 0.461 e. The van der Waals surface area contributed by atoms with E-state index in [9.17, 15) is 19.8 Å². The van der Waals surface area contributed by atoms with Gasteiger partial charge in [0.25, 0.3) is 0 Å². The summed E-state index contributed by atoms with van der Waals surface area (Å²) in [4.78, 5) is 26.2. The molecule has 0 aliphatic carbocycles. The van der Waals surface area contributed by atoms with Gasteiger partial charge in [-0.3, -0.25) is 9.59 Å². The molecule has 6 heteroatoms. The smallest absolute Gasteiger partial charge is 0.306 e. The van der Waals surface area contributed by atoms with Crippen LogP contribution in [0, 0.1) is 0 Å². The lowest BCUT2D eigenvalue weighted by atomic mass is 10.0. The predicted octanol–water partition coefficient (Wildman–Crippen LogP) is 17.7. The number of rotatable bonds is 51. The molecule has 0 aliphatic rings. The number of nitrogens with one attached hydrogen (secondary N) is 1. The highest BCUT2D eigenvalue weighted by Gasteiger charge is 2.23. The highest BCUT2D eigenvalue weighted by atomic mass is 16.5. The second-order valence-corrected chi connectivity index (χ2v) is 19.3. The van der Waals surface area contributed by atoms with Crippen LogP contribution in [-0.4, -0.2) is 46.9 Å². The molecule has 0 radical (unpaired) electrons. The molecule has 0 rings (SSSR count). The molecule has 67 heavy (non-hydrogen) atoms. The van der Waals surface area contributed by atoms with E-state index in [1.807, 2.05) is 6.08 Å². The monoisotopic (exact) mass is 936 g/mol. The van der Waals surface area contributed by atoms with Crippen molar-refractivity contribution >= 4 is 11.9 Å². The average Bonchev–Trinajstić information content (AvgIpc) is 3.32. The number of hydrogen-bond acceptors (Lipinski definition) is 5. The number of carbonyl (C=O) groups is 2. The van der Waals surface area contributed by atoms with Crippen molar-refractivity contribution in [3.8, 4) is 0 Å². The van der Waals surface area contributed by atoms with Crippen molar-refractivity contribution in [1.29, 1.82) is 0 Å². The maximum atomic E-state index is 13.2. The molecule has 0 saturated heterocycles. The summed E-state index contributed by atoms with van der Waals surface area (Å²) in [7, 11) is 0. The number of unbranched alkanes of at least 4 members (excludes halogenated alkanes) is 28. The molecule has 388 valence electrons. The molecular weight excluding hydrogens is 827 g/mol. The van der Waals surface area contributed by atoms with Crippen LogP contribution in [0.3, 0.4) is 0 Å². The second kappa shape index (κ2) is 54.2. The summed E-state index contributed by atoms with van der Waals surface area (Å²) in [5.74, 6) is -0.576. The lowest BCUT2D eigenvalue weighted by Gasteiger charge is -2.24. The third-order valence-corrected chi connectivity index (χ3v) is 12.8. The fourth-order valence-electron chi connectivity index (χ4n) is 8.38. The maximum Gasteiger partial charge on any atom is 0.306 e. The average molecular weight is 937 g/mol. The Hall–Kier alpha value is -2.70. The second-order valence-electron chi connectivity index (χ2n) is 19.3. The van der Waals surface area contributed by atoms with Crippen molar-refractivity contribution in [2.24, 2.45) is 0 Å². The minimum atomic E-state index is -0.814. The molecule has 3 atom stereocenters. The molecule has 0 fully saturated rings. The van der Waals surface area contributed by atoms with Crippen molar-refractivity contribution in [1.82, 2.24) is 5.32 Å². The van der Waals surface area contributed by atoms with E-state index < -0.39 is 18.2 Å². The van der Waals surface area contributed by atoms with Gasteiger partial charge in [-0.15, -0.1) is 0 Å². The molecule has 3 unspecified atom stereocenters. The summed E-state index contributed by atoms with van der Waals surface area (Å²) in [5, 5.41) is 23.8. The molecule has 0 spiro atoms. The van der Waals surface area contributed by atoms with Crippen LogP contribution in [0.5, 0.6) is 0 Å². The van der Waals surface area contributed by atoms with Gasteiger partial charge in [0, 0.05) is 12.8 Å². The Morgan fingerprint density at radius 2 is 0.791 bits per heavy atom. The van der Waals surface area contributed by atoms with Gasteiger partial charge < -0.3 is 20.3 Å². The quantitative estimate of drug-likeness (QED) is 0.0321. The van der Waals surface area contributed by atoms with Crippen molar-refractivity contribution in [3.63, 3.8) is 0 Å². The zero-order chi connectivity index (χ0) is 48.8. The van der Waals surface area contributed by atoms with E-state index in [0.29, 0.717) is 19.3 Å². The molecule has 0 aliphatic heterocycles. The fourth-order valence-corrected chi connectivity index (χ4v) is 8.38. The number of carbonyl (C=O) groups excluding carboxylic acids is 2. The fraction of sp³-hybridized carbons (Fsp3) is 0.770. The number of aliphatic hydroxyl groups excluding tert-OH is 2. The molecule has 0 aromatic heterocycles. The topological polar surface area (TPSA) is 95.9 Å². The molecule has 0 aromatic rings. The van der Waals surface area contributed by atoms with Gasteiger partial charge >= 0.3 is 5.97 Å². The molecule has 3 N–H and O–H groups in total. The van der Waals surface area contributed by atoms with Crippen LogP contribution in [0.4, 0.5) is 0 Å². The lowest BCUT2D eigenvalue weighted by molar-refractivity contribution is -0.150. The summed E-state index contributed by atoms with van der Waals surface area (Å²) < 4.78 is 5.89. The van der Waals surface area contributed by atoms with Gasteiger partial charge in [0.2, 0.25) is 5.91 Å². The van der Waals surface area contributed by atoms with Gasteiger partial charge in [-0.05, 0) is 77.0 Å². The van der Waals surface area contributed by atoms with Crippen molar-refractivity contribution < 1.29 is 24.5 Å². The SMILES string of the molecule is CCCCC/C=C\C/C=C\C/C=C\C/C=C\CC(CC(=O)NC(CO)C(O)CCCCCCCCCCCCCCCC)OC(=O)CCCCCCCCCCC/C=C\C/C=C\CCCCC. The number of amides is 1. The Balaban J connectivity index is 4.65. The first-order chi connectivity index (χ1) is 33.0. The first kappa shape index (κ1) is 64.3. The number of esters is 1. The van der Waals surface area contributed by atoms with Gasteiger partial charge in [0.1, 0.15) is 6.10 Å². The van der Waals surface area contributed by atoms with E-state index in [2.05, 4.69) is 92.9 Å². The molecule has 0 aromatic carbocycles. The van der Waals surface area contributed by atoms with E-state index in [1.54, 1.807) is 0 Å². The third kappa shape index (κ3) is 49.5. The van der Waals surface area contributed by atoms with E-state index in [4.69, 9.17) is 4.74 Å².